The van der Waals surface area contributed by atoms with E-state index in [1.54, 1.807) is 6.92 Å². The highest BCUT2D eigenvalue weighted by Gasteiger charge is 2.44. The molecule has 0 saturated carbocycles. The van der Waals surface area contributed by atoms with Crippen LogP contribution in [0.15, 0.2) is 24.3 Å². The summed E-state index contributed by atoms with van der Waals surface area (Å²) in [5.41, 5.74) is 0.0116. The summed E-state index contributed by atoms with van der Waals surface area (Å²) in [4.78, 5) is 50.6. The number of nitro benzene ring substituents is 1. The monoisotopic (exact) mass is 375 g/mol. The van der Waals surface area contributed by atoms with Gasteiger partial charge in [0.2, 0.25) is 5.91 Å². The zero-order valence-electron chi connectivity index (χ0n) is 15.0. The molecule has 27 heavy (non-hydrogen) atoms. The Hall–Kier alpha value is -2.81. The molecule has 0 N–H and O–H groups in total. The Bertz CT molecular complexity index is 780. The number of ether oxygens (including phenoxy) is 1. The fourth-order valence-corrected chi connectivity index (χ4v) is 3.66. The molecule has 2 atom stereocenters. The minimum Gasteiger partial charge on any atom is -0.466 e. The topological polar surface area (TPSA) is 110 Å². The summed E-state index contributed by atoms with van der Waals surface area (Å²) in [7, 11) is 0. The van der Waals surface area contributed by atoms with Crippen molar-refractivity contribution in [2.24, 2.45) is 5.92 Å². The molecule has 1 aromatic carbocycles. The maximum absolute atomic E-state index is 12.9. The number of non-ortho nitro benzene ring substituents is 1. The lowest BCUT2D eigenvalue weighted by molar-refractivity contribution is -0.384. The van der Waals surface area contributed by atoms with Crippen LogP contribution in [0.5, 0.6) is 0 Å². The second-order valence-corrected chi connectivity index (χ2v) is 6.65. The lowest BCUT2D eigenvalue weighted by Crippen LogP contribution is -2.48. The van der Waals surface area contributed by atoms with Crippen molar-refractivity contribution in [2.75, 3.05) is 24.6 Å². The Labute approximate surface area is 156 Å². The second kappa shape index (κ2) is 7.83. The molecule has 9 nitrogen and oxygen atoms in total. The molecule has 0 radical (unpaired) electrons. The predicted molar refractivity (Wildman–Crippen MR) is 94.9 cm³/mol. The van der Waals surface area contributed by atoms with Crippen molar-refractivity contribution in [2.45, 2.75) is 32.2 Å². The average Bonchev–Trinajstić information content (AvgIpc) is 2.96. The van der Waals surface area contributed by atoms with Gasteiger partial charge >= 0.3 is 5.97 Å². The van der Waals surface area contributed by atoms with E-state index in [1.165, 1.54) is 24.3 Å². The molecule has 1 aromatic rings. The number of likely N-dealkylation sites (tertiary alicyclic amines) is 1. The van der Waals surface area contributed by atoms with Gasteiger partial charge in [-0.25, -0.2) is 4.90 Å². The minimum absolute atomic E-state index is 0.00291. The molecule has 0 bridgehead atoms. The number of anilines is 1. The van der Waals surface area contributed by atoms with Crippen LogP contribution in [-0.2, 0) is 19.1 Å². The maximum atomic E-state index is 12.9. The van der Waals surface area contributed by atoms with Crippen LogP contribution in [0.3, 0.4) is 0 Å². The lowest BCUT2D eigenvalue weighted by atomic mass is 9.96. The fraction of sp³-hybridized carbons (Fsp3) is 0.500. The Kier molecular flexibility index (Phi) is 5.50. The van der Waals surface area contributed by atoms with Gasteiger partial charge in [-0.1, -0.05) is 6.07 Å². The highest BCUT2D eigenvalue weighted by Crippen LogP contribution is 2.30. The quantitative estimate of drug-likeness (QED) is 0.332. The van der Waals surface area contributed by atoms with E-state index < -0.39 is 22.8 Å². The lowest BCUT2D eigenvalue weighted by Gasteiger charge is -2.34. The fourth-order valence-electron chi connectivity index (χ4n) is 3.66. The van der Waals surface area contributed by atoms with Gasteiger partial charge in [0.25, 0.3) is 11.6 Å². The average molecular weight is 375 g/mol. The van der Waals surface area contributed by atoms with Gasteiger partial charge in [-0.05, 0) is 32.4 Å². The molecule has 0 spiro atoms. The van der Waals surface area contributed by atoms with Crippen molar-refractivity contribution in [1.82, 2.24) is 4.90 Å². The number of imide groups is 1. The van der Waals surface area contributed by atoms with Crippen molar-refractivity contribution >= 4 is 29.2 Å². The first-order valence-electron chi connectivity index (χ1n) is 8.94. The number of amides is 2. The molecule has 2 amide bonds. The van der Waals surface area contributed by atoms with E-state index in [2.05, 4.69) is 0 Å². The predicted octanol–water partition coefficient (Wildman–Crippen LogP) is 1.50. The van der Waals surface area contributed by atoms with Crippen LogP contribution in [0.25, 0.3) is 0 Å². The van der Waals surface area contributed by atoms with Gasteiger partial charge in [0.15, 0.2) is 0 Å². The Morgan fingerprint density at radius 2 is 2.15 bits per heavy atom. The molecule has 144 valence electrons. The Morgan fingerprint density at radius 3 is 2.85 bits per heavy atom. The molecule has 2 saturated heterocycles. The van der Waals surface area contributed by atoms with E-state index in [-0.39, 0.29) is 29.7 Å². The summed E-state index contributed by atoms with van der Waals surface area (Å²) in [6.07, 6.45) is 1.42. The van der Waals surface area contributed by atoms with Crippen LogP contribution < -0.4 is 4.90 Å². The molecular formula is C18H21N3O6. The van der Waals surface area contributed by atoms with Crippen LogP contribution in [0, 0.1) is 16.0 Å². The number of nitro groups is 1. The van der Waals surface area contributed by atoms with E-state index in [0.717, 1.165) is 11.3 Å². The first kappa shape index (κ1) is 19.0. The molecule has 3 rings (SSSR count). The van der Waals surface area contributed by atoms with Gasteiger partial charge in [-0.15, -0.1) is 0 Å². The smallest absolute Gasteiger partial charge is 0.310 e. The second-order valence-electron chi connectivity index (χ2n) is 6.65. The van der Waals surface area contributed by atoms with Crippen LogP contribution in [0.2, 0.25) is 0 Å². The molecular weight excluding hydrogens is 354 g/mol. The number of nitrogens with zero attached hydrogens (tertiary/aromatic N) is 3. The summed E-state index contributed by atoms with van der Waals surface area (Å²) >= 11 is 0. The van der Waals surface area contributed by atoms with Gasteiger partial charge < -0.3 is 4.74 Å². The molecule has 0 unspecified atom stereocenters. The van der Waals surface area contributed by atoms with E-state index in [4.69, 9.17) is 4.74 Å². The van der Waals surface area contributed by atoms with E-state index in [1.807, 2.05) is 4.90 Å². The number of hydrogen-bond acceptors (Lipinski definition) is 7. The summed E-state index contributed by atoms with van der Waals surface area (Å²) in [5.74, 6) is -1.41. The zero-order valence-corrected chi connectivity index (χ0v) is 15.0. The third-order valence-corrected chi connectivity index (χ3v) is 4.94. The third-order valence-electron chi connectivity index (χ3n) is 4.94. The molecule has 2 fully saturated rings. The summed E-state index contributed by atoms with van der Waals surface area (Å²) in [5, 5.41) is 11.0. The Balaban J connectivity index is 1.77. The molecule has 9 heteroatoms. The normalized spacial score (nSPS) is 23.5. The molecule has 2 aliphatic rings. The van der Waals surface area contributed by atoms with Gasteiger partial charge in [-0.3, -0.25) is 29.4 Å². The highest BCUT2D eigenvalue weighted by molar-refractivity contribution is 6.22. The minimum atomic E-state index is -0.658. The zero-order chi connectivity index (χ0) is 19.6. The third kappa shape index (κ3) is 3.82. The first-order chi connectivity index (χ1) is 12.9. The number of carbonyl (C=O) groups is 3. The molecule has 0 aliphatic carbocycles. The van der Waals surface area contributed by atoms with Gasteiger partial charge in [0.05, 0.1) is 35.6 Å². The summed E-state index contributed by atoms with van der Waals surface area (Å²) in [6, 6.07) is 4.81. The number of carbonyl (C=O) groups excluding carboxylic acids is 3. The molecule has 2 aliphatic heterocycles. The van der Waals surface area contributed by atoms with Gasteiger partial charge in [0, 0.05) is 18.7 Å². The van der Waals surface area contributed by atoms with Crippen LogP contribution >= 0.6 is 0 Å². The van der Waals surface area contributed by atoms with Gasteiger partial charge in [0.1, 0.15) is 0 Å². The van der Waals surface area contributed by atoms with Crippen molar-refractivity contribution in [3.8, 4) is 0 Å². The number of piperidine rings is 1. The van der Waals surface area contributed by atoms with Crippen molar-refractivity contribution in [3.05, 3.63) is 34.4 Å². The maximum Gasteiger partial charge on any atom is 0.310 e. The number of rotatable bonds is 5. The van der Waals surface area contributed by atoms with E-state index in [9.17, 15) is 24.5 Å². The Morgan fingerprint density at radius 1 is 1.37 bits per heavy atom. The van der Waals surface area contributed by atoms with Crippen LogP contribution in [0.4, 0.5) is 11.4 Å². The standard InChI is InChI=1S/C18H21N3O6/c1-2-27-18(24)12-5-4-8-19(11-12)15-10-16(22)20(17(15)23)13-6-3-7-14(9-13)21(25)26/h3,6-7,9,12,15H,2,4-5,8,10-11H2,1H3/t12-,15-/m0/s1. The van der Waals surface area contributed by atoms with Crippen LogP contribution in [-0.4, -0.2) is 53.3 Å². The SMILES string of the molecule is CCOC(=O)[C@H]1CCCN([C@H]2CC(=O)N(c3cccc([N+](=O)[O-])c3)C2=O)C1. The summed E-state index contributed by atoms with van der Waals surface area (Å²) in [6.45, 7) is 3.03. The van der Waals surface area contributed by atoms with Crippen LogP contribution in [0.1, 0.15) is 26.2 Å². The van der Waals surface area contributed by atoms with Gasteiger partial charge in [-0.2, -0.15) is 0 Å². The number of benzene rings is 1. The number of esters is 1. The number of hydrogen-bond donors (Lipinski definition) is 0. The largest absolute Gasteiger partial charge is 0.466 e. The molecule has 0 aromatic heterocycles. The van der Waals surface area contributed by atoms with E-state index >= 15 is 0 Å². The summed E-state index contributed by atoms with van der Waals surface area (Å²) < 4.78 is 5.07. The first-order valence-corrected chi connectivity index (χ1v) is 8.94. The van der Waals surface area contributed by atoms with Crippen molar-refractivity contribution in [1.29, 1.82) is 0 Å². The highest BCUT2D eigenvalue weighted by atomic mass is 16.6. The molecule has 2 heterocycles. The van der Waals surface area contributed by atoms with Crippen molar-refractivity contribution < 1.29 is 24.0 Å². The van der Waals surface area contributed by atoms with Crippen molar-refractivity contribution in [3.63, 3.8) is 0 Å². The van der Waals surface area contributed by atoms with E-state index in [0.29, 0.717) is 26.1 Å².